The summed E-state index contributed by atoms with van der Waals surface area (Å²) in [5, 5.41) is 11.2. The van der Waals surface area contributed by atoms with Crippen molar-refractivity contribution < 1.29 is 0 Å². The summed E-state index contributed by atoms with van der Waals surface area (Å²) >= 11 is 0. The molecule has 0 aliphatic heterocycles. The fourth-order valence-corrected chi connectivity index (χ4v) is 2.45. The van der Waals surface area contributed by atoms with Crippen molar-refractivity contribution in [2.45, 2.75) is 0 Å². The van der Waals surface area contributed by atoms with E-state index in [-0.39, 0.29) is 11.1 Å². The van der Waals surface area contributed by atoms with Crippen molar-refractivity contribution in [3.63, 3.8) is 0 Å². The van der Waals surface area contributed by atoms with Crippen LogP contribution in [0.3, 0.4) is 0 Å². The first-order chi connectivity index (χ1) is 11.7. The topological polar surface area (TPSA) is 77.6 Å². The second kappa shape index (κ2) is 5.62. The zero-order valence-electron chi connectivity index (χ0n) is 12.9. The molecule has 0 bridgehead atoms. The predicted octanol–water partition coefficient (Wildman–Crippen LogP) is 2.26. The Morgan fingerprint density at radius 2 is 1.62 bits per heavy atom. The molecule has 0 fully saturated rings. The van der Waals surface area contributed by atoms with Crippen molar-refractivity contribution in [1.82, 2.24) is 24.5 Å². The summed E-state index contributed by atoms with van der Waals surface area (Å²) in [5.74, 6) is 0.429. The average Bonchev–Trinajstić information content (AvgIpc) is 3.05. The lowest BCUT2D eigenvalue weighted by Crippen LogP contribution is -2.21. The van der Waals surface area contributed by atoms with Crippen molar-refractivity contribution in [2.24, 2.45) is 7.05 Å². The van der Waals surface area contributed by atoms with Gasteiger partial charge < -0.3 is 5.32 Å². The highest BCUT2D eigenvalue weighted by Crippen LogP contribution is 2.16. The maximum Gasteiger partial charge on any atom is 0.284 e. The normalized spacial score (nSPS) is 10.9. The molecule has 7 nitrogen and oxygen atoms in total. The molecule has 0 saturated carbocycles. The van der Waals surface area contributed by atoms with Gasteiger partial charge in [0.05, 0.1) is 5.69 Å². The summed E-state index contributed by atoms with van der Waals surface area (Å²) in [6, 6.07) is 19.0. The Kier molecular flexibility index (Phi) is 3.31. The van der Waals surface area contributed by atoms with Gasteiger partial charge in [-0.2, -0.15) is 9.67 Å². The van der Waals surface area contributed by atoms with Gasteiger partial charge in [-0.25, -0.2) is 0 Å². The van der Waals surface area contributed by atoms with E-state index in [0.29, 0.717) is 11.6 Å². The van der Waals surface area contributed by atoms with Crippen LogP contribution in [-0.2, 0) is 7.05 Å². The molecule has 0 saturated heterocycles. The number of hydrogen-bond donors (Lipinski definition) is 1. The molecule has 0 atom stereocenters. The third-order valence-corrected chi connectivity index (χ3v) is 3.71. The predicted molar refractivity (Wildman–Crippen MR) is 91.6 cm³/mol. The minimum absolute atomic E-state index is 0.236. The van der Waals surface area contributed by atoms with Crippen LogP contribution < -0.4 is 10.9 Å². The highest BCUT2D eigenvalue weighted by molar-refractivity contribution is 5.73. The number of nitrogens with one attached hydrogen (secondary N) is 1. The average molecular weight is 318 g/mol. The van der Waals surface area contributed by atoms with Crippen molar-refractivity contribution in [2.75, 3.05) is 5.32 Å². The summed E-state index contributed by atoms with van der Waals surface area (Å²) < 4.78 is 2.99. The summed E-state index contributed by atoms with van der Waals surface area (Å²) in [6.45, 7) is 0. The molecule has 4 aromatic rings. The molecule has 24 heavy (non-hydrogen) atoms. The first-order valence-corrected chi connectivity index (χ1v) is 7.44. The molecule has 2 aromatic heterocycles. The van der Waals surface area contributed by atoms with Crippen LogP contribution >= 0.6 is 0 Å². The zero-order valence-corrected chi connectivity index (χ0v) is 12.9. The molecule has 0 spiro atoms. The molecule has 7 heteroatoms. The lowest BCUT2D eigenvalue weighted by molar-refractivity contribution is 0.816. The summed E-state index contributed by atoms with van der Waals surface area (Å²) in [4.78, 5) is 17.1. The number of rotatable bonds is 3. The number of hydrogen-bond acceptors (Lipinski definition) is 5. The second-order valence-electron chi connectivity index (χ2n) is 5.30. The van der Waals surface area contributed by atoms with E-state index < -0.39 is 0 Å². The molecule has 2 aromatic carbocycles. The molecule has 118 valence electrons. The summed E-state index contributed by atoms with van der Waals surface area (Å²) in [5.41, 5.74) is 2.05. The van der Waals surface area contributed by atoms with Gasteiger partial charge in [-0.05, 0) is 24.3 Å². The lowest BCUT2D eigenvalue weighted by Gasteiger charge is -2.10. The molecule has 1 N–H and O–H groups in total. The van der Waals surface area contributed by atoms with Gasteiger partial charge in [-0.3, -0.25) is 9.36 Å². The molecule has 0 radical (unpaired) electrons. The van der Waals surface area contributed by atoms with Crippen LogP contribution in [0.25, 0.3) is 16.9 Å². The highest BCUT2D eigenvalue weighted by Gasteiger charge is 2.15. The highest BCUT2D eigenvalue weighted by atomic mass is 16.1. The maximum atomic E-state index is 12.6. The number of nitrogens with zero attached hydrogens (tertiary/aromatic N) is 5. The number of aromatic nitrogens is 5. The minimum atomic E-state index is -0.249. The molecule has 0 amide bonds. The van der Waals surface area contributed by atoms with Crippen LogP contribution in [0.5, 0.6) is 0 Å². The fraction of sp³-hybridized carbons (Fsp3) is 0.0588. The van der Waals surface area contributed by atoms with Gasteiger partial charge in [0.2, 0.25) is 5.95 Å². The van der Waals surface area contributed by atoms with Crippen LogP contribution in [0, 0.1) is 0 Å². The largest absolute Gasteiger partial charge is 0.325 e. The van der Waals surface area contributed by atoms with E-state index in [1.807, 2.05) is 60.7 Å². The summed E-state index contributed by atoms with van der Waals surface area (Å²) in [7, 11) is 1.65. The van der Waals surface area contributed by atoms with E-state index in [4.69, 9.17) is 0 Å². The fourth-order valence-electron chi connectivity index (χ4n) is 2.45. The second-order valence-corrected chi connectivity index (χ2v) is 5.30. The minimum Gasteiger partial charge on any atom is -0.325 e. The quantitative estimate of drug-likeness (QED) is 0.627. The molecule has 4 rings (SSSR count). The molecule has 2 heterocycles. The van der Waals surface area contributed by atoms with Crippen LogP contribution in [-0.4, -0.2) is 24.5 Å². The molecule has 0 aliphatic rings. The van der Waals surface area contributed by atoms with E-state index in [2.05, 4.69) is 20.6 Å². The molecular formula is C17H14N6O. The maximum absolute atomic E-state index is 12.6. The van der Waals surface area contributed by atoms with E-state index >= 15 is 0 Å². The van der Waals surface area contributed by atoms with Crippen molar-refractivity contribution in [1.29, 1.82) is 0 Å². The Bertz CT molecular complexity index is 1050. The van der Waals surface area contributed by atoms with Crippen molar-refractivity contribution in [3.8, 4) is 5.69 Å². The van der Waals surface area contributed by atoms with Crippen molar-refractivity contribution in [3.05, 3.63) is 71.0 Å². The monoisotopic (exact) mass is 318 g/mol. The van der Waals surface area contributed by atoms with E-state index in [0.717, 1.165) is 11.4 Å². The Morgan fingerprint density at radius 3 is 2.33 bits per heavy atom. The van der Waals surface area contributed by atoms with Crippen LogP contribution in [0.1, 0.15) is 0 Å². The Balaban J connectivity index is 1.90. The van der Waals surface area contributed by atoms with E-state index in [1.165, 1.54) is 4.57 Å². The van der Waals surface area contributed by atoms with Gasteiger partial charge in [0.1, 0.15) is 0 Å². The van der Waals surface area contributed by atoms with Gasteiger partial charge >= 0.3 is 0 Å². The van der Waals surface area contributed by atoms with Crippen molar-refractivity contribution >= 4 is 22.8 Å². The third-order valence-electron chi connectivity index (χ3n) is 3.71. The molecular weight excluding hydrogens is 304 g/mol. The smallest absolute Gasteiger partial charge is 0.284 e. The van der Waals surface area contributed by atoms with Gasteiger partial charge in [0, 0.05) is 12.7 Å². The lowest BCUT2D eigenvalue weighted by atomic mass is 10.3. The van der Waals surface area contributed by atoms with Crippen LogP contribution in [0.2, 0.25) is 0 Å². The Labute approximate surface area is 137 Å². The van der Waals surface area contributed by atoms with E-state index in [9.17, 15) is 4.79 Å². The van der Waals surface area contributed by atoms with Gasteiger partial charge in [0.25, 0.3) is 5.56 Å². The van der Waals surface area contributed by atoms with Gasteiger partial charge in [-0.15, -0.1) is 5.10 Å². The SMILES string of the molecule is Cn1c(Nc2ccccc2)nc2c(nnn2-c2ccccc2)c1=O. The summed E-state index contributed by atoms with van der Waals surface area (Å²) in [6.07, 6.45) is 0. The molecule has 0 aliphatic carbocycles. The number of fused-ring (bicyclic) bond motifs is 1. The van der Waals surface area contributed by atoms with Crippen LogP contribution in [0.15, 0.2) is 65.5 Å². The first kappa shape index (κ1) is 14.1. The number of benzene rings is 2. The Morgan fingerprint density at radius 1 is 0.958 bits per heavy atom. The zero-order chi connectivity index (χ0) is 16.5. The number of para-hydroxylation sites is 2. The third kappa shape index (κ3) is 2.32. The Hall–Kier alpha value is -3.48. The van der Waals surface area contributed by atoms with Gasteiger partial charge in [-0.1, -0.05) is 41.6 Å². The van der Waals surface area contributed by atoms with Crippen LogP contribution in [0.4, 0.5) is 11.6 Å². The first-order valence-electron chi connectivity index (χ1n) is 7.44. The number of anilines is 2. The standard InChI is InChI=1S/C17H14N6O/c1-22-16(24)14-15(19-17(22)18-12-8-4-2-5-9-12)23(21-20-14)13-10-6-3-7-11-13/h2-11H,1H3,(H,18,19). The van der Waals surface area contributed by atoms with E-state index in [1.54, 1.807) is 11.7 Å². The van der Waals surface area contributed by atoms with Gasteiger partial charge in [0.15, 0.2) is 11.2 Å². The molecule has 0 unspecified atom stereocenters.